The Labute approximate surface area is 167 Å². The lowest BCUT2D eigenvalue weighted by atomic mass is 10.2. The molecule has 4 nitrogen and oxygen atoms in total. The summed E-state index contributed by atoms with van der Waals surface area (Å²) < 4.78 is 19.3. The fourth-order valence-electron chi connectivity index (χ4n) is 2.06. The summed E-state index contributed by atoms with van der Waals surface area (Å²) in [5.41, 5.74) is 1.95. The van der Waals surface area contributed by atoms with Crippen LogP contribution in [0.15, 0.2) is 51.9 Å². The average Bonchev–Trinajstić information content (AvgIpc) is 2.55. The zero-order chi connectivity index (χ0) is 16.7. The van der Waals surface area contributed by atoms with E-state index in [4.69, 9.17) is 4.74 Å². The molecule has 0 bridgehead atoms. The van der Waals surface area contributed by atoms with E-state index in [0.717, 1.165) is 21.3 Å². The van der Waals surface area contributed by atoms with Crippen LogP contribution in [0, 0.1) is 5.82 Å². The topological polar surface area (TPSA) is 45.7 Å². The van der Waals surface area contributed by atoms with Crippen LogP contribution in [0.4, 0.5) is 4.39 Å². The van der Waals surface area contributed by atoms with Gasteiger partial charge in [-0.25, -0.2) is 4.39 Å². The van der Waals surface area contributed by atoms with Gasteiger partial charge in [0.25, 0.3) is 0 Å². The number of nitrogens with zero attached hydrogens (tertiary/aromatic N) is 1. The van der Waals surface area contributed by atoms with Crippen LogP contribution in [0.1, 0.15) is 11.1 Å². The zero-order valence-electron chi connectivity index (χ0n) is 13.5. The summed E-state index contributed by atoms with van der Waals surface area (Å²) >= 11 is 3.47. The lowest BCUT2D eigenvalue weighted by Crippen LogP contribution is -2.36. The van der Waals surface area contributed by atoms with Crippen molar-refractivity contribution >= 4 is 45.9 Å². The molecular weight excluding hydrogens is 488 g/mol. The summed E-state index contributed by atoms with van der Waals surface area (Å²) in [6, 6.07) is 12.4. The number of halogens is 3. The van der Waals surface area contributed by atoms with E-state index in [1.54, 1.807) is 20.2 Å². The first-order valence-corrected chi connectivity index (χ1v) is 7.93. The van der Waals surface area contributed by atoms with E-state index in [0.29, 0.717) is 19.0 Å². The van der Waals surface area contributed by atoms with Gasteiger partial charge in [0.05, 0.1) is 11.6 Å². The number of methoxy groups -OCH3 is 1. The van der Waals surface area contributed by atoms with Gasteiger partial charge < -0.3 is 15.4 Å². The highest BCUT2D eigenvalue weighted by molar-refractivity contribution is 14.0. The average molecular weight is 508 g/mol. The van der Waals surface area contributed by atoms with Crippen LogP contribution in [0.5, 0.6) is 5.75 Å². The maximum absolute atomic E-state index is 13.2. The highest BCUT2D eigenvalue weighted by Gasteiger charge is 2.03. The third-order valence-corrected chi connectivity index (χ3v) is 3.87. The van der Waals surface area contributed by atoms with E-state index in [-0.39, 0.29) is 29.8 Å². The van der Waals surface area contributed by atoms with E-state index >= 15 is 0 Å². The standard InChI is InChI=1S/C17H19BrFN3O.HI/c1-20-17(21-10-12-4-3-5-14(19)8-12)22-11-13-6-7-16(23-2)15(18)9-13;/h3-9H,10-11H2,1-2H3,(H2,20,21,22);1H. The first-order chi connectivity index (χ1) is 11.1. The highest BCUT2D eigenvalue weighted by atomic mass is 127. The van der Waals surface area contributed by atoms with Gasteiger partial charge in [-0.2, -0.15) is 0 Å². The van der Waals surface area contributed by atoms with Gasteiger partial charge in [0, 0.05) is 20.1 Å². The lowest BCUT2D eigenvalue weighted by Gasteiger charge is -2.13. The normalized spacial score (nSPS) is 10.8. The molecule has 2 N–H and O–H groups in total. The van der Waals surface area contributed by atoms with Crippen LogP contribution in [-0.4, -0.2) is 20.1 Å². The first kappa shape index (κ1) is 20.7. The summed E-state index contributed by atoms with van der Waals surface area (Å²) in [5.74, 6) is 1.21. The molecule has 0 radical (unpaired) electrons. The molecule has 0 fully saturated rings. The van der Waals surface area contributed by atoms with Crippen molar-refractivity contribution < 1.29 is 9.13 Å². The lowest BCUT2D eigenvalue weighted by molar-refractivity contribution is 0.412. The zero-order valence-corrected chi connectivity index (χ0v) is 17.4. The molecule has 2 aromatic rings. The van der Waals surface area contributed by atoms with Crippen molar-refractivity contribution in [1.82, 2.24) is 10.6 Å². The molecule has 0 unspecified atom stereocenters. The molecule has 0 amide bonds. The van der Waals surface area contributed by atoms with Crippen molar-refractivity contribution in [3.63, 3.8) is 0 Å². The third-order valence-electron chi connectivity index (χ3n) is 3.25. The van der Waals surface area contributed by atoms with Crippen LogP contribution < -0.4 is 15.4 Å². The molecule has 0 aromatic heterocycles. The SMILES string of the molecule is CN=C(NCc1cccc(F)c1)NCc1ccc(OC)c(Br)c1.I. The molecule has 0 saturated carbocycles. The second-order valence-electron chi connectivity index (χ2n) is 4.88. The van der Waals surface area contributed by atoms with Crippen molar-refractivity contribution in [3.05, 3.63) is 63.9 Å². The predicted octanol–water partition coefficient (Wildman–Crippen LogP) is 4.08. The molecule has 0 aliphatic rings. The van der Waals surface area contributed by atoms with Gasteiger partial charge in [0.15, 0.2) is 5.96 Å². The highest BCUT2D eigenvalue weighted by Crippen LogP contribution is 2.25. The van der Waals surface area contributed by atoms with Crippen molar-refractivity contribution in [2.45, 2.75) is 13.1 Å². The van der Waals surface area contributed by atoms with Gasteiger partial charge in [-0.15, -0.1) is 24.0 Å². The van der Waals surface area contributed by atoms with Gasteiger partial charge in [-0.1, -0.05) is 18.2 Å². The second kappa shape index (κ2) is 10.5. The van der Waals surface area contributed by atoms with Crippen LogP contribution in [-0.2, 0) is 13.1 Å². The van der Waals surface area contributed by atoms with E-state index < -0.39 is 0 Å². The van der Waals surface area contributed by atoms with Gasteiger partial charge in [-0.3, -0.25) is 4.99 Å². The number of hydrogen-bond donors (Lipinski definition) is 2. The Hall–Kier alpha value is -1.35. The van der Waals surface area contributed by atoms with Crippen LogP contribution in [0.25, 0.3) is 0 Å². The van der Waals surface area contributed by atoms with Crippen molar-refractivity contribution in [3.8, 4) is 5.75 Å². The second-order valence-corrected chi connectivity index (χ2v) is 5.73. The quantitative estimate of drug-likeness (QED) is 0.364. The minimum absolute atomic E-state index is 0. The van der Waals surface area contributed by atoms with Crippen LogP contribution in [0.2, 0.25) is 0 Å². The number of guanidine groups is 1. The number of ether oxygens (including phenoxy) is 1. The molecule has 2 rings (SSSR count). The molecule has 130 valence electrons. The van der Waals surface area contributed by atoms with Crippen LogP contribution >= 0.6 is 39.9 Å². The number of rotatable bonds is 5. The molecule has 0 atom stereocenters. The predicted molar refractivity (Wildman–Crippen MR) is 110 cm³/mol. The minimum atomic E-state index is -0.240. The number of aliphatic imine (C=N–C) groups is 1. The molecule has 0 saturated heterocycles. The molecule has 0 aliphatic carbocycles. The molecular formula is C17H20BrFIN3O. The Morgan fingerprint density at radius 2 is 1.79 bits per heavy atom. The van der Waals surface area contributed by atoms with E-state index in [1.165, 1.54) is 12.1 Å². The summed E-state index contributed by atoms with van der Waals surface area (Å²) in [5, 5.41) is 6.37. The van der Waals surface area contributed by atoms with Gasteiger partial charge in [-0.05, 0) is 51.3 Å². The molecule has 2 aromatic carbocycles. The summed E-state index contributed by atoms with van der Waals surface area (Å²) in [6.45, 7) is 1.12. The molecule has 0 aliphatic heterocycles. The van der Waals surface area contributed by atoms with Gasteiger partial charge in [0.2, 0.25) is 0 Å². The number of benzene rings is 2. The fraction of sp³-hybridized carbons (Fsp3) is 0.235. The molecule has 24 heavy (non-hydrogen) atoms. The van der Waals surface area contributed by atoms with Crippen LogP contribution in [0.3, 0.4) is 0 Å². The van der Waals surface area contributed by atoms with Crippen molar-refractivity contribution in [1.29, 1.82) is 0 Å². The minimum Gasteiger partial charge on any atom is -0.496 e. The number of nitrogens with one attached hydrogen (secondary N) is 2. The van der Waals surface area contributed by atoms with Gasteiger partial charge >= 0.3 is 0 Å². The van der Waals surface area contributed by atoms with E-state index in [9.17, 15) is 4.39 Å². The Morgan fingerprint density at radius 3 is 2.33 bits per heavy atom. The Balaban J connectivity index is 0.00000288. The summed E-state index contributed by atoms with van der Waals surface area (Å²) in [6.07, 6.45) is 0. The first-order valence-electron chi connectivity index (χ1n) is 7.13. The molecule has 7 heteroatoms. The Bertz CT molecular complexity index is 697. The maximum Gasteiger partial charge on any atom is 0.191 e. The largest absolute Gasteiger partial charge is 0.496 e. The Morgan fingerprint density at radius 1 is 1.12 bits per heavy atom. The molecule has 0 spiro atoms. The van der Waals surface area contributed by atoms with Crippen molar-refractivity contribution in [2.24, 2.45) is 4.99 Å². The van der Waals surface area contributed by atoms with E-state index in [1.807, 2.05) is 24.3 Å². The summed E-state index contributed by atoms with van der Waals surface area (Å²) in [4.78, 5) is 4.16. The Kier molecular flexibility index (Phi) is 9.05. The third kappa shape index (κ3) is 6.27. The smallest absolute Gasteiger partial charge is 0.191 e. The van der Waals surface area contributed by atoms with Gasteiger partial charge in [0.1, 0.15) is 11.6 Å². The summed E-state index contributed by atoms with van der Waals surface area (Å²) in [7, 11) is 3.33. The molecule has 0 heterocycles. The maximum atomic E-state index is 13.2. The number of hydrogen-bond acceptors (Lipinski definition) is 2. The monoisotopic (exact) mass is 507 g/mol. The van der Waals surface area contributed by atoms with Crippen molar-refractivity contribution in [2.75, 3.05) is 14.2 Å². The van der Waals surface area contributed by atoms with E-state index in [2.05, 4.69) is 31.6 Å². The fourth-order valence-corrected chi connectivity index (χ4v) is 2.65.